The number of benzene rings is 1. The summed E-state index contributed by atoms with van der Waals surface area (Å²) in [6.45, 7) is 3.24. The molecule has 11 heteroatoms. The number of aromatic nitrogens is 1. The standard InChI is InChI=1S/C21H29N3O6S2/c1-15-12-24(16(2)14-25)32(28,29)21-6-5-18(17-7-9-22-10-8-17)11-19(21)30-20(15)13-23(3)31(4,26)27/h5-11,15-16,20,25H,12-14H2,1-4H3/t15-,16+,20+/m0/s1. The van der Waals surface area contributed by atoms with E-state index in [4.69, 9.17) is 4.74 Å². The smallest absolute Gasteiger partial charge is 0.247 e. The molecule has 3 atom stereocenters. The second-order valence-corrected chi connectivity index (χ2v) is 12.1. The highest BCUT2D eigenvalue weighted by atomic mass is 32.2. The van der Waals surface area contributed by atoms with Crippen LogP contribution in [-0.2, 0) is 20.0 Å². The Morgan fingerprint density at radius 3 is 2.50 bits per heavy atom. The molecule has 32 heavy (non-hydrogen) atoms. The van der Waals surface area contributed by atoms with Gasteiger partial charge in [0.1, 0.15) is 16.7 Å². The number of pyridine rings is 1. The molecule has 1 aliphatic heterocycles. The van der Waals surface area contributed by atoms with Crippen LogP contribution in [0, 0.1) is 5.92 Å². The highest BCUT2D eigenvalue weighted by Gasteiger charge is 2.38. The van der Waals surface area contributed by atoms with Crippen LogP contribution in [0.25, 0.3) is 11.1 Å². The van der Waals surface area contributed by atoms with E-state index in [0.29, 0.717) is 0 Å². The van der Waals surface area contributed by atoms with Crippen molar-refractivity contribution in [3.05, 3.63) is 42.7 Å². The maximum Gasteiger partial charge on any atom is 0.247 e. The van der Waals surface area contributed by atoms with Crippen molar-refractivity contribution in [2.24, 2.45) is 5.92 Å². The summed E-state index contributed by atoms with van der Waals surface area (Å²) >= 11 is 0. The average molecular weight is 484 g/mol. The summed E-state index contributed by atoms with van der Waals surface area (Å²) in [5, 5.41) is 9.70. The fourth-order valence-corrected chi connectivity index (χ4v) is 5.80. The van der Waals surface area contributed by atoms with Crippen LogP contribution in [0.4, 0.5) is 0 Å². The molecule has 0 unspecified atom stereocenters. The highest BCUT2D eigenvalue weighted by Crippen LogP contribution is 2.36. The third-order valence-electron chi connectivity index (χ3n) is 5.68. The number of likely N-dealkylation sites (N-methyl/N-ethyl adjacent to an activating group) is 1. The number of rotatable bonds is 6. The molecule has 0 radical (unpaired) electrons. The number of nitrogens with zero attached hydrogens (tertiary/aromatic N) is 3. The topological polar surface area (TPSA) is 117 Å². The zero-order chi connectivity index (χ0) is 23.7. The summed E-state index contributed by atoms with van der Waals surface area (Å²) in [4.78, 5) is 3.99. The average Bonchev–Trinajstić information content (AvgIpc) is 2.75. The summed E-state index contributed by atoms with van der Waals surface area (Å²) in [7, 11) is -5.96. The SMILES string of the molecule is C[C@H](CO)N1C[C@H](C)[C@@H](CN(C)S(C)(=O)=O)Oc2cc(-c3ccncc3)ccc2S1(=O)=O. The first-order valence-electron chi connectivity index (χ1n) is 10.2. The van der Waals surface area contributed by atoms with Gasteiger partial charge in [0.05, 0.1) is 19.4 Å². The quantitative estimate of drug-likeness (QED) is 0.660. The third kappa shape index (κ3) is 5.12. The van der Waals surface area contributed by atoms with Gasteiger partial charge in [0.15, 0.2) is 0 Å². The fraction of sp³-hybridized carbons (Fsp3) is 0.476. The lowest BCUT2D eigenvalue weighted by Crippen LogP contribution is -2.50. The van der Waals surface area contributed by atoms with Gasteiger partial charge in [-0.25, -0.2) is 21.1 Å². The molecule has 1 aromatic heterocycles. The van der Waals surface area contributed by atoms with E-state index in [1.54, 1.807) is 43.6 Å². The highest BCUT2D eigenvalue weighted by molar-refractivity contribution is 7.89. The second kappa shape index (κ2) is 9.44. The molecule has 0 bridgehead atoms. The Hall–Kier alpha value is -2.05. The molecule has 0 fully saturated rings. The van der Waals surface area contributed by atoms with Crippen LogP contribution in [0.15, 0.2) is 47.6 Å². The largest absolute Gasteiger partial charge is 0.487 e. The number of aliphatic hydroxyl groups is 1. The predicted molar refractivity (Wildman–Crippen MR) is 121 cm³/mol. The number of hydrogen-bond acceptors (Lipinski definition) is 7. The molecule has 9 nitrogen and oxygen atoms in total. The summed E-state index contributed by atoms with van der Waals surface area (Å²) in [5.74, 6) is -0.200. The molecule has 1 aliphatic rings. The van der Waals surface area contributed by atoms with Crippen LogP contribution < -0.4 is 4.74 Å². The zero-order valence-electron chi connectivity index (χ0n) is 18.5. The van der Waals surface area contributed by atoms with E-state index >= 15 is 0 Å². The first kappa shape index (κ1) is 24.6. The lowest BCUT2D eigenvalue weighted by molar-refractivity contribution is 0.0906. The number of sulfonamides is 2. The Morgan fingerprint density at radius 1 is 1.25 bits per heavy atom. The molecule has 3 rings (SSSR count). The summed E-state index contributed by atoms with van der Waals surface area (Å²) in [6.07, 6.45) is 3.78. The van der Waals surface area contributed by atoms with Crippen LogP contribution in [0.2, 0.25) is 0 Å². The van der Waals surface area contributed by atoms with Crippen LogP contribution in [0.3, 0.4) is 0 Å². The Bertz CT molecular complexity index is 1160. The summed E-state index contributed by atoms with van der Waals surface area (Å²) < 4.78 is 59.6. The van der Waals surface area contributed by atoms with Crippen LogP contribution in [-0.4, -0.2) is 80.7 Å². The van der Waals surface area contributed by atoms with E-state index in [-0.39, 0.29) is 36.3 Å². The maximum absolute atomic E-state index is 13.5. The molecule has 1 aromatic carbocycles. The first-order valence-corrected chi connectivity index (χ1v) is 13.5. The van der Waals surface area contributed by atoms with Gasteiger partial charge in [-0.2, -0.15) is 4.31 Å². The van der Waals surface area contributed by atoms with Crippen molar-refractivity contribution in [3.63, 3.8) is 0 Å². The van der Waals surface area contributed by atoms with Crippen LogP contribution >= 0.6 is 0 Å². The van der Waals surface area contributed by atoms with Crippen molar-refractivity contribution < 1.29 is 26.7 Å². The van der Waals surface area contributed by atoms with Gasteiger partial charge in [-0.3, -0.25) is 4.98 Å². The van der Waals surface area contributed by atoms with Gasteiger partial charge in [0, 0.05) is 37.9 Å². The molecular formula is C21H29N3O6S2. The van der Waals surface area contributed by atoms with Gasteiger partial charge >= 0.3 is 0 Å². The lowest BCUT2D eigenvalue weighted by atomic mass is 10.0. The van der Waals surface area contributed by atoms with Crippen molar-refractivity contribution in [1.29, 1.82) is 0 Å². The summed E-state index contributed by atoms with van der Waals surface area (Å²) in [5.41, 5.74) is 1.58. The van der Waals surface area contributed by atoms with E-state index < -0.39 is 32.2 Å². The normalized spacial score (nSPS) is 22.4. The Labute approximate surface area is 189 Å². The number of aliphatic hydroxyl groups excluding tert-OH is 1. The van der Waals surface area contributed by atoms with Gasteiger partial charge in [0.2, 0.25) is 20.0 Å². The Morgan fingerprint density at radius 2 is 1.91 bits per heavy atom. The number of fused-ring (bicyclic) bond motifs is 1. The van der Waals surface area contributed by atoms with E-state index in [2.05, 4.69) is 4.98 Å². The second-order valence-electron chi connectivity index (χ2n) is 8.18. The molecule has 0 amide bonds. The minimum absolute atomic E-state index is 0.0190. The molecular weight excluding hydrogens is 454 g/mol. The van der Waals surface area contributed by atoms with Gasteiger partial charge in [0.25, 0.3) is 0 Å². The number of hydrogen-bond donors (Lipinski definition) is 1. The third-order valence-corrected chi connectivity index (χ3v) is 8.98. The minimum atomic E-state index is -3.96. The molecule has 2 aromatic rings. The van der Waals surface area contributed by atoms with E-state index in [9.17, 15) is 21.9 Å². The first-order chi connectivity index (χ1) is 14.9. The molecule has 176 valence electrons. The van der Waals surface area contributed by atoms with E-state index in [0.717, 1.165) is 17.4 Å². The zero-order valence-corrected chi connectivity index (χ0v) is 20.2. The Balaban J connectivity index is 2.14. The predicted octanol–water partition coefficient (Wildman–Crippen LogP) is 1.41. The van der Waals surface area contributed by atoms with Gasteiger partial charge in [-0.15, -0.1) is 0 Å². The maximum atomic E-state index is 13.5. The summed E-state index contributed by atoms with van der Waals surface area (Å²) in [6, 6.07) is 7.79. The Kier molecular flexibility index (Phi) is 7.25. The molecule has 0 saturated carbocycles. The van der Waals surface area contributed by atoms with E-state index in [1.807, 2.05) is 6.92 Å². The van der Waals surface area contributed by atoms with Crippen molar-refractivity contribution in [2.45, 2.75) is 30.9 Å². The number of ether oxygens (including phenoxy) is 1. The van der Waals surface area contributed by atoms with Crippen molar-refractivity contribution in [3.8, 4) is 16.9 Å². The van der Waals surface area contributed by atoms with Crippen molar-refractivity contribution >= 4 is 20.0 Å². The molecule has 0 saturated heterocycles. The van der Waals surface area contributed by atoms with Crippen LogP contribution in [0.5, 0.6) is 5.75 Å². The monoisotopic (exact) mass is 483 g/mol. The van der Waals surface area contributed by atoms with Crippen LogP contribution in [0.1, 0.15) is 13.8 Å². The molecule has 0 aliphatic carbocycles. The van der Waals surface area contributed by atoms with Gasteiger partial charge in [-0.05, 0) is 42.3 Å². The molecule has 2 heterocycles. The fourth-order valence-electron chi connectivity index (χ4n) is 3.56. The molecule has 1 N–H and O–H groups in total. The van der Waals surface area contributed by atoms with Gasteiger partial charge in [-0.1, -0.05) is 13.0 Å². The molecule has 0 spiro atoms. The van der Waals surface area contributed by atoms with E-state index in [1.165, 1.54) is 21.7 Å². The minimum Gasteiger partial charge on any atom is -0.487 e. The lowest BCUT2D eigenvalue weighted by Gasteiger charge is -2.37. The van der Waals surface area contributed by atoms with Crippen molar-refractivity contribution in [2.75, 3.05) is 33.0 Å². The van der Waals surface area contributed by atoms with Crippen molar-refractivity contribution in [1.82, 2.24) is 13.6 Å². The van der Waals surface area contributed by atoms with Gasteiger partial charge < -0.3 is 9.84 Å².